The number of benzene rings is 2. The number of rotatable bonds is 7. The van der Waals surface area contributed by atoms with E-state index >= 15 is 0 Å². The average Bonchev–Trinajstić information content (AvgIpc) is 2.53. The second kappa shape index (κ2) is 7.84. The summed E-state index contributed by atoms with van der Waals surface area (Å²) in [5.74, 6) is 0.920. The van der Waals surface area contributed by atoms with E-state index in [9.17, 15) is 0 Å². The Labute approximate surface area is 128 Å². The van der Waals surface area contributed by atoms with Crippen molar-refractivity contribution in [1.82, 2.24) is 5.32 Å². The van der Waals surface area contributed by atoms with Crippen LogP contribution in [0.1, 0.15) is 23.1 Å². The van der Waals surface area contributed by atoms with Crippen LogP contribution in [0.3, 0.4) is 0 Å². The van der Waals surface area contributed by atoms with Crippen molar-refractivity contribution in [2.45, 2.75) is 32.2 Å². The van der Waals surface area contributed by atoms with Gasteiger partial charge < -0.3 is 10.1 Å². The first-order valence-corrected chi connectivity index (χ1v) is 7.57. The molecule has 2 aromatic rings. The van der Waals surface area contributed by atoms with Gasteiger partial charge in [0.1, 0.15) is 5.75 Å². The molecule has 2 nitrogen and oxygen atoms in total. The van der Waals surface area contributed by atoms with Crippen molar-refractivity contribution in [2.24, 2.45) is 0 Å². The third kappa shape index (κ3) is 4.91. The highest BCUT2D eigenvalue weighted by atomic mass is 16.5. The van der Waals surface area contributed by atoms with Gasteiger partial charge in [-0.2, -0.15) is 0 Å². The molecule has 0 spiro atoms. The normalized spacial score (nSPS) is 12.1. The molecule has 2 heteroatoms. The Morgan fingerprint density at radius 2 is 1.57 bits per heavy atom. The zero-order chi connectivity index (χ0) is 15.1. The molecule has 0 saturated carbocycles. The fourth-order valence-electron chi connectivity index (χ4n) is 2.49. The lowest BCUT2D eigenvalue weighted by Gasteiger charge is -2.16. The Hall–Kier alpha value is -1.80. The van der Waals surface area contributed by atoms with Crippen LogP contribution in [-0.2, 0) is 12.8 Å². The summed E-state index contributed by atoms with van der Waals surface area (Å²) in [4.78, 5) is 0. The molecule has 0 bridgehead atoms. The van der Waals surface area contributed by atoms with E-state index in [0.717, 1.165) is 25.0 Å². The van der Waals surface area contributed by atoms with Gasteiger partial charge in [-0.1, -0.05) is 42.0 Å². The first-order valence-electron chi connectivity index (χ1n) is 7.57. The Morgan fingerprint density at radius 1 is 0.952 bits per heavy atom. The molecule has 0 aliphatic rings. The van der Waals surface area contributed by atoms with Crippen molar-refractivity contribution in [1.29, 1.82) is 0 Å². The average molecular weight is 283 g/mol. The van der Waals surface area contributed by atoms with Crippen LogP contribution in [0.5, 0.6) is 5.75 Å². The molecule has 21 heavy (non-hydrogen) atoms. The van der Waals surface area contributed by atoms with Gasteiger partial charge in [0, 0.05) is 6.04 Å². The van der Waals surface area contributed by atoms with Gasteiger partial charge in [-0.15, -0.1) is 0 Å². The van der Waals surface area contributed by atoms with Gasteiger partial charge >= 0.3 is 0 Å². The molecule has 1 unspecified atom stereocenters. The monoisotopic (exact) mass is 283 g/mol. The molecule has 0 saturated heterocycles. The lowest BCUT2D eigenvalue weighted by Crippen LogP contribution is -2.28. The van der Waals surface area contributed by atoms with E-state index in [2.05, 4.69) is 48.6 Å². The standard InChI is InChI=1S/C19H25NO/c1-15-4-6-17(7-5-15)14-18(20-2)11-8-16-9-12-19(21-3)13-10-16/h4-7,9-10,12-13,18,20H,8,11,14H2,1-3H3. The highest BCUT2D eigenvalue weighted by Gasteiger charge is 2.07. The Morgan fingerprint density at radius 3 is 2.14 bits per heavy atom. The molecule has 1 atom stereocenters. The maximum Gasteiger partial charge on any atom is 0.118 e. The van der Waals surface area contributed by atoms with Gasteiger partial charge in [0.2, 0.25) is 0 Å². The largest absolute Gasteiger partial charge is 0.497 e. The summed E-state index contributed by atoms with van der Waals surface area (Å²) in [6.07, 6.45) is 3.30. The van der Waals surface area contributed by atoms with E-state index in [0.29, 0.717) is 6.04 Å². The first kappa shape index (κ1) is 15.6. The molecule has 0 radical (unpaired) electrons. The molecular weight excluding hydrogens is 258 g/mol. The molecule has 0 fully saturated rings. The van der Waals surface area contributed by atoms with Gasteiger partial charge in [0.25, 0.3) is 0 Å². The summed E-state index contributed by atoms with van der Waals surface area (Å²) in [7, 11) is 3.75. The number of hydrogen-bond acceptors (Lipinski definition) is 2. The van der Waals surface area contributed by atoms with E-state index in [4.69, 9.17) is 4.74 Å². The van der Waals surface area contributed by atoms with Crippen LogP contribution in [-0.4, -0.2) is 20.2 Å². The fourth-order valence-corrected chi connectivity index (χ4v) is 2.49. The summed E-state index contributed by atoms with van der Waals surface area (Å²) in [6.45, 7) is 2.13. The van der Waals surface area contributed by atoms with Crippen LogP contribution in [0.15, 0.2) is 48.5 Å². The van der Waals surface area contributed by atoms with Crippen molar-refractivity contribution in [2.75, 3.05) is 14.2 Å². The SMILES string of the molecule is CNC(CCc1ccc(OC)cc1)Cc1ccc(C)cc1. The third-order valence-electron chi connectivity index (χ3n) is 3.95. The van der Waals surface area contributed by atoms with E-state index in [1.165, 1.54) is 16.7 Å². The van der Waals surface area contributed by atoms with E-state index in [1.54, 1.807) is 7.11 Å². The van der Waals surface area contributed by atoms with E-state index in [-0.39, 0.29) is 0 Å². The Kier molecular flexibility index (Phi) is 5.82. The van der Waals surface area contributed by atoms with Crippen LogP contribution >= 0.6 is 0 Å². The highest BCUT2D eigenvalue weighted by Crippen LogP contribution is 2.14. The summed E-state index contributed by atoms with van der Waals surface area (Å²) in [5.41, 5.74) is 4.08. The highest BCUT2D eigenvalue weighted by molar-refractivity contribution is 5.27. The second-order valence-electron chi connectivity index (χ2n) is 5.56. The van der Waals surface area contributed by atoms with Crippen LogP contribution in [0.4, 0.5) is 0 Å². The predicted octanol–water partition coefficient (Wildman–Crippen LogP) is 3.77. The zero-order valence-corrected chi connectivity index (χ0v) is 13.2. The number of ether oxygens (including phenoxy) is 1. The van der Waals surface area contributed by atoms with Gasteiger partial charge in [0.05, 0.1) is 7.11 Å². The smallest absolute Gasteiger partial charge is 0.118 e. The van der Waals surface area contributed by atoms with Crippen LogP contribution in [0.2, 0.25) is 0 Å². The minimum absolute atomic E-state index is 0.509. The topological polar surface area (TPSA) is 21.3 Å². The van der Waals surface area contributed by atoms with Gasteiger partial charge in [-0.05, 0) is 56.5 Å². The summed E-state index contributed by atoms with van der Waals surface area (Å²) in [6, 6.07) is 17.7. The lowest BCUT2D eigenvalue weighted by molar-refractivity contribution is 0.414. The molecule has 0 heterocycles. The summed E-state index contributed by atoms with van der Waals surface area (Å²) >= 11 is 0. The van der Waals surface area contributed by atoms with Crippen LogP contribution < -0.4 is 10.1 Å². The number of methoxy groups -OCH3 is 1. The minimum Gasteiger partial charge on any atom is -0.497 e. The number of aryl methyl sites for hydroxylation is 2. The molecular formula is C19H25NO. The Bertz CT molecular complexity index is 530. The number of likely N-dealkylation sites (N-methyl/N-ethyl adjacent to an activating group) is 1. The van der Waals surface area contributed by atoms with Crippen molar-refractivity contribution in [3.8, 4) is 5.75 Å². The summed E-state index contributed by atoms with van der Waals surface area (Å²) < 4.78 is 5.19. The molecule has 112 valence electrons. The molecule has 1 N–H and O–H groups in total. The molecule has 2 aromatic carbocycles. The zero-order valence-electron chi connectivity index (χ0n) is 13.2. The van der Waals surface area contributed by atoms with E-state index < -0.39 is 0 Å². The minimum atomic E-state index is 0.509. The molecule has 0 aliphatic carbocycles. The first-order chi connectivity index (χ1) is 10.2. The molecule has 0 aromatic heterocycles. The predicted molar refractivity (Wildman–Crippen MR) is 89.0 cm³/mol. The van der Waals surface area contributed by atoms with Gasteiger partial charge in [-0.25, -0.2) is 0 Å². The number of hydrogen-bond donors (Lipinski definition) is 1. The van der Waals surface area contributed by atoms with Gasteiger partial charge in [0.15, 0.2) is 0 Å². The molecule has 0 amide bonds. The van der Waals surface area contributed by atoms with Crippen LogP contribution in [0.25, 0.3) is 0 Å². The van der Waals surface area contributed by atoms with Crippen molar-refractivity contribution in [3.05, 3.63) is 65.2 Å². The molecule has 0 aliphatic heterocycles. The maximum atomic E-state index is 5.19. The molecule has 2 rings (SSSR count). The van der Waals surface area contributed by atoms with Crippen molar-refractivity contribution in [3.63, 3.8) is 0 Å². The Balaban J connectivity index is 1.88. The maximum absolute atomic E-state index is 5.19. The number of nitrogens with one attached hydrogen (secondary N) is 1. The van der Waals surface area contributed by atoms with E-state index in [1.807, 2.05) is 19.2 Å². The summed E-state index contributed by atoms with van der Waals surface area (Å²) in [5, 5.41) is 3.43. The van der Waals surface area contributed by atoms with Gasteiger partial charge in [-0.3, -0.25) is 0 Å². The second-order valence-corrected chi connectivity index (χ2v) is 5.56. The van der Waals surface area contributed by atoms with Crippen molar-refractivity contribution >= 4 is 0 Å². The van der Waals surface area contributed by atoms with Crippen LogP contribution in [0, 0.1) is 6.92 Å². The fraction of sp³-hybridized carbons (Fsp3) is 0.368. The lowest BCUT2D eigenvalue weighted by atomic mass is 9.98. The van der Waals surface area contributed by atoms with Crippen molar-refractivity contribution < 1.29 is 4.74 Å². The third-order valence-corrected chi connectivity index (χ3v) is 3.95. The quantitative estimate of drug-likeness (QED) is 0.835.